The molecular weight excluding hydrogens is 436 g/mol. The predicted molar refractivity (Wildman–Crippen MR) is 103 cm³/mol. The number of carbonyl (C=O) groups is 1. The highest BCUT2D eigenvalue weighted by atomic mass is 19.4. The second kappa shape index (κ2) is 8.72. The smallest absolute Gasteiger partial charge is 0.490 e. The number of aromatic hydroxyl groups is 1. The molecule has 0 aliphatic carbocycles. The van der Waals surface area contributed by atoms with E-state index in [2.05, 4.69) is 21.6 Å². The van der Waals surface area contributed by atoms with Gasteiger partial charge in [0.2, 0.25) is 0 Å². The zero-order chi connectivity index (χ0) is 23.5. The number of fused-ring (bicyclic) bond motifs is 1. The fraction of sp³-hybridized carbons (Fsp3) is 0.250. The number of carboxylic acids is 1. The van der Waals surface area contributed by atoms with Gasteiger partial charge in [0.05, 0.1) is 23.2 Å². The number of carboxylic acid groups (broad SMARTS) is 1. The van der Waals surface area contributed by atoms with Crippen molar-refractivity contribution in [3.8, 4) is 28.7 Å². The molecule has 1 saturated heterocycles. The van der Waals surface area contributed by atoms with Gasteiger partial charge in [-0.15, -0.1) is 0 Å². The van der Waals surface area contributed by atoms with Crippen molar-refractivity contribution < 1.29 is 37.3 Å². The first-order valence-corrected chi connectivity index (χ1v) is 9.05. The van der Waals surface area contributed by atoms with Gasteiger partial charge in [-0.1, -0.05) is 6.07 Å². The summed E-state index contributed by atoms with van der Waals surface area (Å²) < 4.78 is 51.3. The molecule has 1 aromatic heterocycles. The van der Waals surface area contributed by atoms with Crippen LogP contribution < -0.4 is 10.1 Å². The van der Waals surface area contributed by atoms with Gasteiger partial charge < -0.3 is 20.3 Å². The number of alkyl halides is 3. The number of hydrogen-bond acceptors (Lipinski definition) is 6. The monoisotopic (exact) mass is 452 g/mol. The van der Waals surface area contributed by atoms with Crippen molar-refractivity contribution in [3.63, 3.8) is 0 Å². The molecule has 0 unspecified atom stereocenters. The van der Waals surface area contributed by atoms with Gasteiger partial charge in [0, 0.05) is 13.1 Å². The molecule has 0 spiro atoms. The van der Waals surface area contributed by atoms with E-state index in [1.807, 2.05) is 6.07 Å². The maximum atomic E-state index is 13.7. The molecule has 0 saturated carbocycles. The van der Waals surface area contributed by atoms with Gasteiger partial charge >= 0.3 is 12.1 Å². The lowest BCUT2D eigenvalue weighted by Crippen LogP contribution is -2.55. The van der Waals surface area contributed by atoms with E-state index in [4.69, 9.17) is 14.6 Å². The standard InChI is InChI=1S/C18H15FN4O2.C2HF3O2/c19-14-3-11(1-2-16(14)24)12-4-15-13(6-22-23-15)17(5-12)25-10-18(7-20)8-21-9-18;3-2(4,5)1(6)7/h1-6,21,24H,8-10H2,(H,22,23);(H,6,7). The number of halogens is 4. The summed E-state index contributed by atoms with van der Waals surface area (Å²) >= 11 is 0. The number of rotatable bonds is 4. The zero-order valence-corrected chi connectivity index (χ0v) is 16.2. The van der Waals surface area contributed by atoms with E-state index in [0.29, 0.717) is 24.4 Å². The average molecular weight is 452 g/mol. The third-order valence-corrected chi connectivity index (χ3v) is 4.71. The molecular formula is C20H16F4N4O4. The largest absolute Gasteiger partial charge is 0.505 e. The summed E-state index contributed by atoms with van der Waals surface area (Å²) in [5.74, 6) is -3.26. The molecule has 4 N–H and O–H groups in total. The summed E-state index contributed by atoms with van der Waals surface area (Å²) in [6.45, 7) is 1.46. The van der Waals surface area contributed by atoms with Crippen molar-refractivity contribution in [2.24, 2.45) is 5.41 Å². The van der Waals surface area contributed by atoms with Gasteiger partial charge in [-0.25, -0.2) is 9.18 Å². The second-order valence-corrected chi connectivity index (χ2v) is 7.06. The average Bonchev–Trinajstić information content (AvgIpc) is 3.18. The molecule has 168 valence electrons. The number of ether oxygens (including phenoxy) is 1. The summed E-state index contributed by atoms with van der Waals surface area (Å²) in [7, 11) is 0. The van der Waals surface area contributed by atoms with Crippen molar-refractivity contribution in [2.45, 2.75) is 6.18 Å². The second-order valence-electron chi connectivity index (χ2n) is 7.06. The maximum absolute atomic E-state index is 13.7. The summed E-state index contributed by atoms with van der Waals surface area (Å²) in [5, 5.41) is 36.6. The van der Waals surface area contributed by atoms with Crippen LogP contribution >= 0.6 is 0 Å². The van der Waals surface area contributed by atoms with E-state index in [0.717, 1.165) is 16.5 Å². The molecule has 12 heteroatoms. The Morgan fingerprint density at radius 3 is 2.47 bits per heavy atom. The van der Waals surface area contributed by atoms with Crippen LogP contribution in [0.1, 0.15) is 0 Å². The molecule has 32 heavy (non-hydrogen) atoms. The Balaban J connectivity index is 0.000000360. The van der Waals surface area contributed by atoms with Crippen LogP contribution in [0.2, 0.25) is 0 Å². The summed E-state index contributed by atoms with van der Waals surface area (Å²) in [4.78, 5) is 8.90. The van der Waals surface area contributed by atoms with Crippen LogP contribution in [0.15, 0.2) is 36.5 Å². The van der Waals surface area contributed by atoms with Gasteiger partial charge in [0.1, 0.15) is 17.8 Å². The fourth-order valence-electron chi connectivity index (χ4n) is 2.85. The lowest BCUT2D eigenvalue weighted by Gasteiger charge is -2.35. The third kappa shape index (κ3) is 4.89. The van der Waals surface area contributed by atoms with Crippen molar-refractivity contribution in [3.05, 3.63) is 42.3 Å². The van der Waals surface area contributed by atoms with Crippen LogP contribution in [0.4, 0.5) is 17.6 Å². The van der Waals surface area contributed by atoms with Gasteiger partial charge in [-0.2, -0.15) is 23.5 Å². The first-order valence-electron chi connectivity index (χ1n) is 9.05. The van der Waals surface area contributed by atoms with E-state index >= 15 is 0 Å². The van der Waals surface area contributed by atoms with Gasteiger partial charge in [-0.3, -0.25) is 5.10 Å². The Labute approximate surface area is 178 Å². The van der Waals surface area contributed by atoms with Crippen LogP contribution in [0.3, 0.4) is 0 Å². The summed E-state index contributed by atoms with van der Waals surface area (Å²) in [5.41, 5.74) is 1.57. The van der Waals surface area contributed by atoms with Crippen LogP contribution in [-0.4, -0.2) is 52.3 Å². The molecule has 0 bridgehead atoms. The number of H-pyrrole nitrogens is 1. The highest BCUT2D eigenvalue weighted by Crippen LogP contribution is 2.34. The fourth-order valence-corrected chi connectivity index (χ4v) is 2.85. The van der Waals surface area contributed by atoms with E-state index < -0.39 is 29.1 Å². The highest BCUT2D eigenvalue weighted by molar-refractivity contribution is 5.89. The van der Waals surface area contributed by atoms with Gasteiger partial charge in [0.15, 0.2) is 11.6 Å². The number of phenols is 1. The van der Waals surface area contributed by atoms with E-state index in [1.165, 1.54) is 12.1 Å². The van der Waals surface area contributed by atoms with E-state index in [1.54, 1.807) is 18.3 Å². The zero-order valence-electron chi connectivity index (χ0n) is 16.2. The molecule has 2 heterocycles. The summed E-state index contributed by atoms with van der Waals surface area (Å²) in [6.07, 6.45) is -3.43. The lowest BCUT2D eigenvalue weighted by atomic mass is 9.84. The number of aromatic amines is 1. The summed E-state index contributed by atoms with van der Waals surface area (Å²) in [6, 6.07) is 10.1. The molecule has 4 rings (SSSR count). The number of aliphatic carboxylic acids is 1. The van der Waals surface area contributed by atoms with Crippen molar-refractivity contribution in [2.75, 3.05) is 19.7 Å². The van der Waals surface area contributed by atoms with Gasteiger partial charge in [-0.05, 0) is 35.4 Å². The number of nitriles is 1. The van der Waals surface area contributed by atoms with Crippen LogP contribution in [0, 0.1) is 22.6 Å². The van der Waals surface area contributed by atoms with Crippen molar-refractivity contribution in [1.29, 1.82) is 5.26 Å². The number of phenolic OH excluding ortho intramolecular Hbond substituents is 1. The molecule has 0 radical (unpaired) electrons. The van der Waals surface area contributed by atoms with Crippen LogP contribution in [-0.2, 0) is 4.79 Å². The molecule has 2 aromatic carbocycles. The minimum atomic E-state index is -5.08. The third-order valence-electron chi connectivity index (χ3n) is 4.71. The lowest BCUT2D eigenvalue weighted by molar-refractivity contribution is -0.192. The predicted octanol–water partition coefficient (Wildman–Crippen LogP) is 3.20. The highest BCUT2D eigenvalue weighted by Gasteiger charge is 2.39. The Morgan fingerprint density at radius 1 is 1.25 bits per heavy atom. The number of nitrogens with one attached hydrogen (secondary N) is 2. The topological polar surface area (TPSA) is 131 Å². The maximum Gasteiger partial charge on any atom is 0.490 e. The van der Waals surface area contributed by atoms with Crippen LogP contribution in [0.25, 0.3) is 22.0 Å². The Morgan fingerprint density at radius 2 is 1.94 bits per heavy atom. The Bertz CT molecular complexity index is 1180. The Kier molecular flexibility index (Phi) is 6.22. The van der Waals surface area contributed by atoms with Crippen molar-refractivity contribution in [1.82, 2.24) is 15.5 Å². The van der Waals surface area contributed by atoms with Crippen LogP contribution in [0.5, 0.6) is 11.5 Å². The van der Waals surface area contributed by atoms with Gasteiger partial charge in [0.25, 0.3) is 0 Å². The molecule has 8 nitrogen and oxygen atoms in total. The quantitative estimate of drug-likeness (QED) is 0.447. The molecule has 0 amide bonds. The number of aromatic nitrogens is 2. The number of hydrogen-bond donors (Lipinski definition) is 4. The molecule has 1 aliphatic heterocycles. The van der Waals surface area contributed by atoms with E-state index in [9.17, 15) is 27.9 Å². The molecule has 0 atom stereocenters. The number of nitrogens with zero attached hydrogens (tertiary/aromatic N) is 2. The minimum Gasteiger partial charge on any atom is -0.505 e. The van der Waals surface area contributed by atoms with E-state index in [-0.39, 0.29) is 6.61 Å². The normalized spacial score (nSPS) is 14.6. The molecule has 1 aliphatic rings. The number of benzene rings is 2. The minimum absolute atomic E-state index is 0.268. The SMILES string of the molecule is N#CC1(COc2cc(-c3ccc(O)c(F)c3)cc3[nH]ncc23)CNC1.O=C(O)C(F)(F)F. The molecule has 3 aromatic rings. The van der Waals surface area contributed by atoms with Crippen molar-refractivity contribution >= 4 is 16.9 Å². The first kappa shape index (κ1) is 22.8. The Hall–Kier alpha value is -3.85. The first-order chi connectivity index (χ1) is 15.0. The molecule has 1 fully saturated rings.